The monoisotopic (exact) mass is 375 g/mol. The number of sulfonamides is 1. The largest absolute Gasteiger partial charge is 0.364 e. The van der Waals surface area contributed by atoms with Crippen molar-refractivity contribution in [2.75, 3.05) is 13.1 Å². The van der Waals surface area contributed by atoms with E-state index < -0.39 is 20.7 Å². The van der Waals surface area contributed by atoms with Gasteiger partial charge < -0.3 is 5.11 Å². The molecular weight excluding hydrogens is 350 g/mol. The number of hydrogen-bond donors (Lipinski definition) is 1. The van der Waals surface area contributed by atoms with Crippen LogP contribution in [-0.4, -0.2) is 36.7 Å². The fourth-order valence-corrected chi connectivity index (χ4v) is 4.89. The van der Waals surface area contributed by atoms with Crippen molar-refractivity contribution >= 4 is 15.8 Å². The van der Waals surface area contributed by atoms with Gasteiger partial charge in [0.05, 0.1) is 0 Å². The first-order chi connectivity index (χ1) is 12.4. The average molecular weight is 375 g/mol. The first kappa shape index (κ1) is 20.3. The van der Waals surface area contributed by atoms with Crippen molar-refractivity contribution in [3.05, 3.63) is 71.8 Å². The van der Waals surface area contributed by atoms with E-state index >= 15 is 0 Å². The van der Waals surface area contributed by atoms with E-state index in [2.05, 4.69) is 0 Å². The third-order valence-electron chi connectivity index (χ3n) is 4.17. The lowest BCUT2D eigenvalue weighted by molar-refractivity contribution is 0.0608. The number of rotatable bonds is 9. The topological polar surface area (TPSA) is 74.7 Å². The summed E-state index contributed by atoms with van der Waals surface area (Å²) >= 11 is 0. The molecule has 1 N–H and O–H groups in total. The molecule has 0 aliphatic rings. The maximum atomic E-state index is 13.4. The Bertz CT molecular complexity index is 815. The van der Waals surface area contributed by atoms with Gasteiger partial charge in [-0.2, -0.15) is 4.31 Å². The van der Waals surface area contributed by atoms with Gasteiger partial charge in [0.2, 0.25) is 5.78 Å². The van der Waals surface area contributed by atoms with Crippen LogP contribution in [0.25, 0.3) is 0 Å². The predicted molar refractivity (Wildman–Crippen MR) is 102 cm³/mol. The molecule has 0 aliphatic heterocycles. The maximum Gasteiger partial charge on any atom is 0.270 e. The maximum absolute atomic E-state index is 13.4. The Kier molecular flexibility index (Phi) is 6.69. The van der Waals surface area contributed by atoms with Gasteiger partial charge in [-0.15, -0.1) is 0 Å². The number of carbonyl (C=O) groups is 1. The number of hydrogen-bond acceptors (Lipinski definition) is 4. The first-order valence-corrected chi connectivity index (χ1v) is 10.2. The van der Waals surface area contributed by atoms with Crippen LogP contribution in [0, 0.1) is 0 Å². The highest BCUT2D eigenvalue weighted by atomic mass is 32.2. The third kappa shape index (κ3) is 3.72. The van der Waals surface area contributed by atoms with Crippen molar-refractivity contribution in [3.63, 3.8) is 0 Å². The van der Waals surface area contributed by atoms with Crippen LogP contribution in [0.4, 0.5) is 0 Å². The molecular formula is C20H25NO4S. The summed E-state index contributed by atoms with van der Waals surface area (Å²) in [6, 6.07) is 15.9. The van der Waals surface area contributed by atoms with Crippen LogP contribution in [0.3, 0.4) is 0 Å². The van der Waals surface area contributed by atoms with Crippen molar-refractivity contribution in [2.24, 2.45) is 0 Å². The number of carbonyl (C=O) groups excluding carboxylic acids is 1. The number of benzene rings is 2. The molecule has 2 aromatic carbocycles. The van der Waals surface area contributed by atoms with Gasteiger partial charge in [-0.3, -0.25) is 4.79 Å². The normalized spacial score (nSPS) is 14.2. The number of ketones is 1. The lowest BCUT2D eigenvalue weighted by Crippen LogP contribution is -2.51. The second-order valence-corrected chi connectivity index (χ2v) is 8.17. The van der Waals surface area contributed by atoms with E-state index in [-0.39, 0.29) is 24.2 Å². The standard InChI is InChI=1S/C20H25NO4S/c1-3-15-21(16-4-2)26(24,25)20(23,18-13-9-6-10-14-18)19(22)17-11-7-5-8-12-17/h5-14,23H,3-4,15-16H2,1-2H3. The molecule has 26 heavy (non-hydrogen) atoms. The lowest BCUT2D eigenvalue weighted by Gasteiger charge is -2.33. The molecule has 2 rings (SSSR count). The van der Waals surface area contributed by atoms with Crippen molar-refractivity contribution in [1.82, 2.24) is 4.31 Å². The molecule has 0 heterocycles. The Morgan fingerprint density at radius 1 is 0.923 bits per heavy atom. The van der Waals surface area contributed by atoms with Crippen molar-refractivity contribution in [1.29, 1.82) is 0 Å². The molecule has 6 heteroatoms. The van der Waals surface area contributed by atoms with E-state index in [0.717, 1.165) is 0 Å². The summed E-state index contributed by atoms with van der Waals surface area (Å²) < 4.78 is 28.0. The molecule has 0 bridgehead atoms. The molecule has 0 aromatic heterocycles. The Balaban J connectivity index is 2.66. The summed E-state index contributed by atoms with van der Waals surface area (Å²) in [5.41, 5.74) is 0.196. The molecule has 0 aliphatic carbocycles. The van der Waals surface area contributed by atoms with Gasteiger partial charge in [0.1, 0.15) is 0 Å². The van der Waals surface area contributed by atoms with Gasteiger partial charge in [-0.25, -0.2) is 8.42 Å². The summed E-state index contributed by atoms with van der Waals surface area (Å²) in [6.07, 6.45) is 1.17. The van der Waals surface area contributed by atoms with Gasteiger partial charge in [-0.05, 0) is 12.8 Å². The van der Waals surface area contributed by atoms with Gasteiger partial charge in [-0.1, -0.05) is 74.5 Å². The van der Waals surface area contributed by atoms with Crippen LogP contribution in [0.2, 0.25) is 0 Å². The number of Topliss-reactive ketones (excluding diaryl/α,β-unsaturated/α-hetero) is 1. The number of nitrogens with zero attached hydrogens (tertiary/aromatic N) is 1. The van der Waals surface area contributed by atoms with Crippen molar-refractivity contribution in [3.8, 4) is 0 Å². The van der Waals surface area contributed by atoms with Gasteiger partial charge in [0.25, 0.3) is 15.0 Å². The van der Waals surface area contributed by atoms with Crippen LogP contribution >= 0.6 is 0 Å². The minimum atomic E-state index is -4.35. The molecule has 140 valence electrons. The average Bonchev–Trinajstić information content (AvgIpc) is 2.67. The Labute approximate surface area is 155 Å². The minimum Gasteiger partial charge on any atom is -0.364 e. The summed E-state index contributed by atoms with van der Waals surface area (Å²) in [5.74, 6) is -0.846. The van der Waals surface area contributed by atoms with E-state index in [1.165, 1.54) is 28.6 Å². The fourth-order valence-electron chi connectivity index (χ4n) is 2.88. The molecule has 0 radical (unpaired) electrons. The third-order valence-corrected chi connectivity index (χ3v) is 6.38. The zero-order chi connectivity index (χ0) is 19.2. The highest BCUT2D eigenvalue weighted by Crippen LogP contribution is 2.34. The number of aliphatic hydroxyl groups is 1. The Morgan fingerprint density at radius 3 is 1.85 bits per heavy atom. The van der Waals surface area contributed by atoms with E-state index in [9.17, 15) is 18.3 Å². The predicted octanol–water partition coefficient (Wildman–Crippen LogP) is 3.17. The van der Waals surface area contributed by atoms with E-state index in [1.807, 2.05) is 13.8 Å². The van der Waals surface area contributed by atoms with Crippen LogP contribution in [0.15, 0.2) is 60.7 Å². The minimum absolute atomic E-state index is 0.0473. The smallest absolute Gasteiger partial charge is 0.270 e. The van der Waals surface area contributed by atoms with Crippen molar-refractivity contribution < 1.29 is 18.3 Å². The molecule has 0 saturated carbocycles. The van der Waals surface area contributed by atoms with E-state index in [0.29, 0.717) is 12.8 Å². The molecule has 0 spiro atoms. The fraction of sp³-hybridized carbons (Fsp3) is 0.350. The zero-order valence-electron chi connectivity index (χ0n) is 15.1. The molecule has 0 amide bonds. The molecule has 1 unspecified atom stereocenters. The first-order valence-electron chi connectivity index (χ1n) is 8.77. The molecule has 1 atom stereocenters. The van der Waals surface area contributed by atoms with Crippen molar-refractivity contribution in [2.45, 2.75) is 31.6 Å². The molecule has 2 aromatic rings. The summed E-state index contributed by atoms with van der Waals surface area (Å²) in [5, 5.41) is 11.4. The molecule has 0 saturated heterocycles. The summed E-state index contributed by atoms with van der Waals surface area (Å²) in [6.45, 7) is 4.21. The van der Waals surface area contributed by atoms with E-state index in [1.54, 1.807) is 36.4 Å². The highest BCUT2D eigenvalue weighted by molar-refractivity contribution is 7.90. The Hall–Kier alpha value is -2.02. The SMILES string of the molecule is CCCN(CCC)S(=O)(=O)C(O)(C(=O)c1ccccc1)c1ccccc1. The van der Waals surface area contributed by atoms with Gasteiger partial charge in [0, 0.05) is 24.2 Å². The summed E-state index contributed by atoms with van der Waals surface area (Å²) in [7, 11) is -4.35. The second-order valence-electron chi connectivity index (χ2n) is 6.11. The second kappa shape index (κ2) is 8.58. The van der Waals surface area contributed by atoms with Gasteiger partial charge in [0.15, 0.2) is 0 Å². The van der Waals surface area contributed by atoms with Crippen LogP contribution in [0.1, 0.15) is 42.6 Å². The highest BCUT2D eigenvalue weighted by Gasteiger charge is 2.53. The van der Waals surface area contributed by atoms with Gasteiger partial charge >= 0.3 is 0 Å². The lowest BCUT2D eigenvalue weighted by atomic mass is 9.99. The molecule has 5 nitrogen and oxygen atoms in total. The van der Waals surface area contributed by atoms with Crippen LogP contribution in [-0.2, 0) is 15.0 Å². The zero-order valence-corrected chi connectivity index (χ0v) is 15.9. The van der Waals surface area contributed by atoms with Crippen LogP contribution in [0.5, 0.6) is 0 Å². The van der Waals surface area contributed by atoms with Crippen LogP contribution < -0.4 is 0 Å². The quantitative estimate of drug-likeness (QED) is 0.683. The van der Waals surface area contributed by atoms with E-state index in [4.69, 9.17) is 0 Å². The summed E-state index contributed by atoms with van der Waals surface area (Å²) in [4.78, 5) is 10.5. The molecule has 0 fully saturated rings. The Morgan fingerprint density at radius 2 is 1.38 bits per heavy atom.